The Bertz CT molecular complexity index is 499. The van der Waals surface area contributed by atoms with Gasteiger partial charge in [-0.05, 0) is 24.8 Å². The standard InChI is InChI=1S/C13H19BrN2O4.ClH/c1-7(2)3-4-11(17)12(15)9-5-8(14)6-10(13(9)18)16(19)20;/h5-7,11-12,17-18H,3-4,15H2,1-2H3;1H/t11-,12+;/m1./s1. The minimum absolute atomic E-state index is 0. The third-order valence-corrected chi connectivity index (χ3v) is 3.55. The highest BCUT2D eigenvalue weighted by atomic mass is 79.9. The van der Waals surface area contributed by atoms with Gasteiger partial charge in [-0.3, -0.25) is 10.1 Å². The van der Waals surface area contributed by atoms with Crippen molar-refractivity contribution in [1.82, 2.24) is 0 Å². The van der Waals surface area contributed by atoms with E-state index < -0.39 is 28.5 Å². The van der Waals surface area contributed by atoms with Crippen LogP contribution in [0.4, 0.5) is 5.69 Å². The van der Waals surface area contributed by atoms with E-state index in [-0.39, 0.29) is 18.0 Å². The minimum Gasteiger partial charge on any atom is -0.502 e. The summed E-state index contributed by atoms with van der Waals surface area (Å²) in [7, 11) is 0. The highest BCUT2D eigenvalue weighted by molar-refractivity contribution is 9.10. The predicted octanol–water partition coefficient (Wildman–Crippen LogP) is 3.28. The second kappa shape index (κ2) is 8.53. The molecule has 8 heteroatoms. The Labute approximate surface area is 138 Å². The first-order chi connectivity index (χ1) is 9.23. The Morgan fingerprint density at radius 2 is 1.95 bits per heavy atom. The molecule has 0 bridgehead atoms. The van der Waals surface area contributed by atoms with Crippen LogP contribution in [-0.4, -0.2) is 21.2 Å². The molecule has 2 atom stereocenters. The van der Waals surface area contributed by atoms with E-state index in [4.69, 9.17) is 5.73 Å². The van der Waals surface area contributed by atoms with Gasteiger partial charge in [-0.25, -0.2) is 0 Å². The van der Waals surface area contributed by atoms with Crippen molar-refractivity contribution in [1.29, 1.82) is 0 Å². The van der Waals surface area contributed by atoms with E-state index in [1.807, 2.05) is 13.8 Å². The number of nitro groups is 1. The maximum absolute atomic E-state index is 10.9. The van der Waals surface area contributed by atoms with Crippen LogP contribution < -0.4 is 5.73 Å². The third kappa shape index (κ3) is 5.43. The first-order valence-electron chi connectivity index (χ1n) is 6.34. The lowest BCUT2D eigenvalue weighted by molar-refractivity contribution is -0.386. The van der Waals surface area contributed by atoms with Crippen LogP contribution in [0.3, 0.4) is 0 Å². The summed E-state index contributed by atoms with van der Waals surface area (Å²) in [4.78, 5) is 10.2. The van der Waals surface area contributed by atoms with E-state index in [0.29, 0.717) is 16.8 Å². The van der Waals surface area contributed by atoms with Crippen LogP contribution in [0.2, 0.25) is 0 Å². The van der Waals surface area contributed by atoms with Crippen LogP contribution in [0.1, 0.15) is 38.3 Å². The highest BCUT2D eigenvalue weighted by Crippen LogP contribution is 2.37. The molecule has 0 amide bonds. The molecule has 0 aromatic heterocycles. The molecule has 6 nitrogen and oxygen atoms in total. The molecule has 4 N–H and O–H groups in total. The van der Waals surface area contributed by atoms with E-state index in [9.17, 15) is 20.3 Å². The van der Waals surface area contributed by atoms with Crippen LogP contribution in [-0.2, 0) is 0 Å². The molecule has 0 unspecified atom stereocenters. The number of phenolic OH excluding ortho intramolecular Hbond substituents is 1. The molecule has 1 aromatic carbocycles. The molecular formula is C13H20BrClN2O4. The Hall–Kier alpha value is -0.890. The average molecular weight is 384 g/mol. The summed E-state index contributed by atoms with van der Waals surface area (Å²) < 4.78 is 0.434. The van der Waals surface area contributed by atoms with Crippen LogP contribution in [0.25, 0.3) is 0 Å². The topological polar surface area (TPSA) is 110 Å². The fraction of sp³-hybridized carbons (Fsp3) is 0.538. The molecule has 1 aromatic rings. The number of nitro benzene ring substituents is 1. The minimum atomic E-state index is -0.870. The summed E-state index contributed by atoms with van der Waals surface area (Å²) in [6.45, 7) is 4.05. The molecule has 0 radical (unpaired) electrons. The van der Waals surface area contributed by atoms with Gasteiger partial charge in [-0.1, -0.05) is 29.8 Å². The van der Waals surface area contributed by atoms with Gasteiger partial charge >= 0.3 is 5.69 Å². The number of aliphatic hydroxyl groups excluding tert-OH is 1. The summed E-state index contributed by atoms with van der Waals surface area (Å²) >= 11 is 3.14. The van der Waals surface area contributed by atoms with Crippen LogP contribution >= 0.6 is 28.3 Å². The van der Waals surface area contributed by atoms with Crippen molar-refractivity contribution in [2.75, 3.05) is 0 Å². The molecule has 0 aliphatic heterocycles. The number of rotatable bonds is 6. The van der Waals surface area contributed by atoms with Crippen molar-refractivity contribution in [3.63, 3.8) is 0 Å². The van der Waals surface area contributed by atoms with E-state index >= 15 is 0 Å². The average Bonchev–Trinajstić information content (AvgIpc) is 2.36. The smallest absolute Gasteiger partial charge is 0.312 e. The van der Waals surface area contributed by atoms with Crippen molar-refractivity contribution in [3.05, 3.63) is 32.3 Å². The quantitative estimate of drug-likeness (QED) is 0.516. The zero-order valence-corrected chi connectivity index (χ0v) is 14.2. The van der Waals surface area contributed by atoms with E-state index in [1.54, 1.807) is 0 Å². The fourth-order valence-electron chi connectivity index (χ4n) is 1.89. The van der Waals surface area contributed by atoms with Crippen molar-refractivity contribution < 1.29 is 15.1 Å². The van der Waals surface area contributed by atoms with Crippen molar-refractivity contribution in [3.8, 4) is 5.75 Å². The largest absolute Gasteiger partial charge is 0.502 e. The lowest BCUT2D eigenvalue weighted by Gasteiger charge is -2.21. The monoisotopic (exact) mass is 382 g/mol. The van der Waals surface area contributed by atoms with E-state index in [2.05, 4.69) is 15.9 Å². The summed E-state index contributed by atoms with van der Waals surface area (Å²) in [5, 5.41) is 30.8. The number of aliphatic hydroxyl groups is 1. The number of halogens is 2. The van der Waals surface area contributed by atoms with Gasteiger partial charge in [0.25, 0.3) is 0 Å². The molecule has 0 spiro atoms. The summed E-state index contributed by atoms with van der Waals surface area (Å²) in [6, 6.07) is 1.82. The number of phenols is 1. The van der Waals surface area contributed by atoms with Crippen LogP contribution in [0.5, 0.6) is 5.75 Å². The van der Waals surface area contributed by atoms with Gasteiger partial charge in [0.1, 0.15) is 0 Å². The molecule has 0 saturated heterocycles. The summed E-state index contributed by atoms with van der Waals surface area (Å²) in [5.41, 5.74) is 5.65. The van der Waals surface area contributed by atoms with Crippen molar-refractivity contribution >= 4 is 34.0 Å². The Morgan fingerprint density at radius 1 is 1.38 bits per heavy atom. The molecule has 0 aliphatic carbocycles. The molecule has 0 fully saturated rings. The first kappa shape index (κ1) is 20.1. The van der Waals surface area contributed by atoms with Gasteiger partial charge in [0.2, 0.25) is 0 Å². The Balaban J connectivity index is 0.00000400. The lowest BCUT2D eigenvalue weighted by Crippen LogP contribution is -2.26. The lowest BCUT2D eigenvalue weighted by atomic mass is 9.95. The number of nitrogens with two attached hydrogens (primary N) is 1. The summed E-state index contributed by atoms with van der Waals surface area (Å²) in [5.74, 6) is -0.0726. The molecule has 1 rings (SSSR count). The van der Waals surface area contributed by atoms with Gasteiger partial charge in [0, 0.05) is 16.1 Å². The molecule has 0 saturated carbocycles. The maximum Gasteiger partial charge on any atom is 0.312 e. The number of aromatic hydroxyl groups is 1. The normalized spacial score (nSPS) is 13.6. The fourth-order valence-corrected chi connectivity index (χ4v) is 2.35. The molecular weight excluding hydrogens is 364 g/mol. The first-order valence-corrected chi connectivity index (χ1v) is 7.13. The molecule has 120 valence electrons. The highest BCUT2D eigenvalue weighted by Gasteiger charge is 2.26. The van der Waals surface area contributed by atoms with Gasteiger partial charge in [0.15, 0.2) is 5.75 Å². The van der Waals surface area contributed by atoms with Gasteiger partial charge in [-0.2, -0.15) is 0 Å². The van der Waals surface area contributed by atoms with Crippen LogP contribution in [0, 0.1) is 16.0 Å². The SMILES string of the molecule is CC(C)CC[C@@H](O)[C@@H](N)c1cc(Br)cc([N+](=O)[O-])c1O.Cl. The number of nitrogens with zero attached hydrogens (tertiary/aromatic N) is 1. The second-order valence-corrected chi connectivity index (χ2v) is 6.10. The van der Waals surface area contributed by atoms with Crippen molar-refractivity contribution in [2.24, 2.45) is 11.7 Å². The zero-order valence-electron chi connectivity index (χ0n) is 11.8. The van der Waals surface area contributed by atoms with Gasteiger partial charge in [-0.15, -0.1) is 12.4 Å². The number of hydrogen-bond acceptors (Lipinski definition) is 5. The number of benzene rings is 1. The zero-order chi connectivity index (χ0) is 15.4. The molecule has 0 heterocycles. The number of hydrogen-bond donors (Lipinski definition) is 3. The summed E-state index contributed by atoms with van der Waals surface area (Å²) in [6.07, 6.45) is 0.391. The third-order valence-electron chi connectivity index (χ3n) is 3.09. The van der Waals surface area contributed by atoms with E-state index in [1.165, 1.54) is 12.1 Å². The molecule has 21 heavy (non-hydrogen) atoms. The van der Waals surface area contributed by atoms with Gasteiger partial charge < -0.3 is 15.9 Å². The Morgan fingerprint density at radius 3 is 2.43 bits per heavy atom. The van der Waals surface area contributed by atoms with Crippen molar-refractivity contribution in [2.45, 2.75) is 38.8 Å². The van der Waals surface area contributed by atoms with Gasteiger partial charge in [0.05, 0.1) is 17.1 Å². The Kier molecular flexibility index (Phi) is 8.17. The predicted molar refractivity (Wildman–Crippen MR) is 86.7 cm³/mol. The van der Waals surface area contributed by atoms with Crippen LogP contribution in [0.15, 0.2) is 16.6 Å². The van der Waals surface area contributed by atoms with E-state index in [0.717, 1.165) is 6.42 Å². The second-order valence-electron chi connectivity index (χ2n) is 5.18. The maximum atomic E-state index is 10.9. The molecule has 0 aliphatic rings.